The van der Waals surface area contributed by atoms with Crippen molar-refractivity contribution in [1.82, 2.24) is 0 Å². The monoisotopic (exact) mass is 237 g/mol. The van der Waals surface area contributed by atoms with Gasteiger partial charge in [0.2, 0.25) is 5.91 Å². The van der Waals surface area contributed by atoms with Gasteiger partial charge >= 0.3 is 16.1 Å². The Bertz CT molecular complexity index is 369. The second-order valence-electron chi connectivity index (χ2n) is 2.13. The summed E-state index contributed by atoms with van der Waals surface area (Å²) in [5, 5.41) is -1.18. The lowest BCUT2D eigenvalue weighted by Gasteiger charge is -1.95. The summed E-state index contributed by atoms with van der Waals surface area (Å²) in [7, 11) is -4.29. The smallest absolute Gasteiger partial charge is 0.366 e. The fourth-order valence-corrected chi connectivity index (χ4v) is 0.640. The fourth-order valence-electron chi connectivity index (χ4n) is 0.213. The van der Waals surface area contributed by atoms with Gasteiger partial charge in [-0.1, -0.05) is 6.58 Å². The molecule has 0 bridgehead atoms. The second-order valence-corrected chi connectivity index (χ2v) is 3.78. The number of rotatable bonds is 1. The molecule has 0 aromatic rings. The van der Waals surface area contributed by atoms with Crippen LogP contribution in [0.2, 0.25) is 0 Å². The van der Waals surface area contributed by atoms with Crippen molar-refractivity contribution in [2.45, 2.75) is 13.8 Å². The number of hydrogen-bond acceptors (Lipinski definition) is 6. The Balaban J connectivity index is 0. The molecule has 1 amide bonds. The third kappa shape index (κ3) is 10.2. The van der Waals surface area contributed by atoms with E-state index in [-0.39, 0.29) is 0 Å². The van der Waals surface area contributed by atoms with Crippen LogP contribution in [0.1, 0.15) is 13.8 Å². The summed E-state index contributed by atoms with van der Waals surface area (Å²) >= 11 is 0. The molecule has 0 spiro atoms. The van der Waals surface area contributed by atoms with Crippen LogP contribution in [0.3, 0.4) is 0 Å². The summed E-state index contributed by atoms with van der Waals surface area (Å²) in [5.74, 6) is -1.50. The van der Waals surface area contributed by atoms with Crippen molar-refractivity contribution in [3.8, 4) is 0 Å². The number of primary amides is 1. The SMILES string of the molecule is C=CC(N)=O.CC(=O)OS(=O)(=O)C(C)=O. The van der Waals surface area contributed by atoms with Crippen LogP contribution in [-0.2, 0) is 28.7 Å². The van der Waals surface area contributed by atoms with Crippen molar-refractivity contribution in [1.29, 1.82) is 0 Å². The summed E-state index contributed by atoms with van der Waals surface area (Å²) in [4.78, 5) is 29.6. The topological polar surface area (TPSA) is 121 Å². The van der Waals surface area contributed by atoms with E-state index in [1.165, 1.54) is 0 Å². The molecular weight excluding hydrogens is 226 g/mol. The lowest BCUT2D eigenvalue weighted by molar-refractivity contribution is -0.132. The molecule has 0 atom stereocenters. The molecule has 8 heteroatoms. The van der Waals surface area contributed by atoms with Crippen LogP contribution in [-0.4, -0.2) is 25.4 Å². The Morgan fingerprint density at radius 3 is 1.67 bits per heavy atom. The first-order chi connectivity index (χ1) is 6.63. The normalized spacial score (nSPS) is 9.20. The van der Waals surface area contributed by atoms with Gasteiger partial charge in [-0.25, -0.2) is 0 Å². The highest BCUT2D eigenvalue weighted by atomic mass is 32.2. The first-order valence-corrected chi connectivity index (χ1v) is 4.91. The molecule has 0 saturated heterocycles. The average Bonchev–Trinajstić information content (AvgIpc) is 2.02. The number of carbonyl (C=O) groups is 3. The lowest BCUT2D eigenvalue weighted by atomic mass is 10.6. The zero-order valence-corrected chi connectivity index (χ0v) is 9.04. The molecular formula is C7H11NO6S. The summed E-state index contributed by atoms with van der Waals surface area (Å²) in [6, 6.07) is 0. The van der Waals surface area contributed by atoms with Crippen LogP contribution in [0, 0.1) is 0 Å². The van der Waals surface area contributed by atoms with Crippen molar-refractivity contribution < 1.29 is 27.0 Å². The molecule has 0 unspecified atom stereocenters. The van der Waals surface area contributed by atoms with E-state index in [0.29, 0.717) is 0 Å². The minimum absolute atomic E-state index is 0.481. The molecule has 0 aliphatic carbocycles. The maximum Gasteiger partial charge on any atom is 0.375 e. The molecule has 0 heterocycles. The Hall–Kier alpha value is -1.70. The van der Waals surface area contributed by atoms with E-state index >= 15 is 0 Å². The van der Waals surface area contributed by atoms with Crippen molar-refractivity contribution in [2.24, 2.45) is 5.73 Å². The first kappa shape index (κ1) is 15.8. The third-order valence-corrected chi connectivity index (χ3v) is 1.94. The van der Waals surface area contributed by atoms with Crippen LogP contribution < -0.4 is 5.73 Å². The van der Waals surface area contributed by atoms with E-state index in [1.807, 2.05) is 0 Å². The van der Waals surface area contributed by atoms with Crippen molar-refractivity contribution in [2.75, 3.05) is 0 Å². The molecule has 0 saturated carbocycles. The van der Waals surface area contributed by atoms with Gasteiger partial charge in [0.05, 0.1) is 0 Å². The van der Waals surface area contributed by atoms with Gasteiger partial charge in [0, 0.05) is 13.8 Å². The largest absolute Gasteiger partial charge is 0.375 e. The van der Waals surface area contributed by atoms with Crippen LogP contribution in [0.15, 0.2) is 12.7 Å². The maximum absolute atomic E-state index is 10.3. The number of amides is 1. The van der Waals surface area contributed by atoms with E-state index in [2.05, 4.69) is 16.5 Å². The van der Waals surface area contributed by atoms with Crippen molar-refractivity contribution >= 4 is 27.1 Å². The Morgan fingerprint density at radius 2 is 1.60 bits per heavy atom. The van der Waals surface area contributed by atoms with Gasteiger partial charge in [-0.05, 0) is 6.08 Å². The zero-order valence-electron chi connectivity index (χ0n) is 8.22. The van der Waals surface area contributed by atoms with Gasteiger partial charge in [0.25, 0.3) is 5.12 Å². The molecule has 7 nitrogen and oxygen atoms in total. The quantitative estimate of drug-likeness (QED) is 0.465. The zero-order chi connectivity index (χ0) is 12.6. The Labute approximate surface area is 87.0 Å². The molecule has 0 aromatic carbocycles. The van der Waals surface area contributed by atoms with Crippen molar-refractivity contribution in [3.05, 3.63) is 12.7 Å². The molecule has 0 aliphatic rings. The fraction of sp³-hybridized carbons (Fsp3) is 0.286. The van der Waals surface area contributed by atoms with Gasteiger partial charge in [-0.2, -0.15) is 8.42 Å². The first-order valence-electron chi connectivity index (χ1n) is 3.51. The number of hydrogen-bond donors (Lipinski definition) is 1. The molecule has 0 aliphatic heterocycles. The van der Waals surface area contributed by atoms with Crippen LogP contribution in [0.5, 0.6) is 0 Å². The van der Waals surface area contributed by atoms with Gasteiger partial charge in [0.1, 0.15) is 0 Å². The minimum atomic E-state index is -4.29. The van der Waals surface area contributed by atoms with E-state index in [9.17, 15) is 22.8 Å². The highest BCUT2D eigenvalue weighted by molar-refractivity contribution is 8.02. The van der Waals surface area contributed by atoms with Crippen LogP contribution in [0.25, 0.3) is 0 Å². The van der Waals surface area contributed by atoms with Crippen LogP contribution >= 0.6 is 0 Å². The molecule has 0 radical (unpaired) electrons. The highest BCUT2D eigenvalue weighted by Crippen LogP contribution is 1.93. The van der Waals surface area contributed by atoms with Gasteiger partial charge < -0.3 is 9.92 Å². The second kappa shape index (κ2) is 6.71. The number of carbonyl (C=O) groups excluding carboxylic acids is 3. The standard InChI is InChI=1S/C4H6O5S.C3H5NO/c1-3(5)9-10(7,8)4(2)6;1-2-3(4)5/h1-2H3;2H,1H2,(H2,4,5). The van der Waals surface area contributed by atoms with Gasteiger partial charge in [-0.15, -0.1) is 0 Å². The predicted octanol–water partition coefficient (Wildman–Crippen LogP) is -0.916. The molecule has 0 aromatic heterocycles. The van der Waals surface area contributed by atoms with E-state index < -0.39 is 27.1 Å². The molecule has 86 valence electrons. The van der Waals surface area contributed by atoms with E-state index in [0.717, 1.165) is 19.9 Å². The third-order valence-electron chi connectivity index (χ3n) is 0.780. The molecule has 15 heavy (non-hydrogen) atoms. The van der Waals surface area contributed by atoms with Gasteiger partial charge in [0.15, 0.2) is 0 Å². The highest BCUT2D eigenvalue weighted by Gasteiger charge is 2.19. The number of nitrogens with two attached hydrogens (primary N) is 1. The molecule has 2 N–H and O–H groups in total. The van der Waals surface area contributed by atoms with Crippen molar-refractivity contribution in [3.63, 3.8) is 0 Å². The summed E-state index contributed by atoms with van der Waals surface area (Å²) in [6.07, 6.45) is 1.06. The summed E-state index contributed by atoms with van der Waals surface area (Å²) in [5.41, 5.74) is 4.53. The van der Waals surface area contributed by atoms with E-state index in [4.69, 9.17) is 0 Å². The molecule has 0 rings (SSSR count). The summed E-state index contributed by atoms with van der Waals surface area (Å²) < 4.78 is 24.4. The average molecular weight is 237 g/mol. The molecule has 0 fully saturated rings. The van der Waals surface area contributed by atoms with Gasteiger partial charge in [-0.3, -0.25) is 14.4 Å². The lowest BCUT2D eigenvalue weighted by Crippen LogP contribution is -2.16. The predicted molar refractivity (Wildman–Crippen MR) is 50.8 cm³/mol. The maximum atomic E-state index is 10.3. The Morgan fingerprint density at radius 1 is 1.27 bits per heavy atom. The summed E-state index contributed by atoms with van der Waals surface area (Å²) in [6.45, 7) is 4.79. The van der Waals surface area contributed by atoms with E-state index in [1.54, 1.807) is 0 Å². The van der Waals surface area contributed by atoms with Crippen LogP contribution in [0.4, 0.5) is 0 Å². The minimum Gasteiger partial charge on any atom is -0.366 e. The Kier molecular flexibility index (Phi) is 7.05.